The van der Waals surface area contributed by atoms with E-state index in [0.717, 1.165) is 38.5 Å². The van der Waals surface area contributed by atoms with Gasteiger partial charge in [-0.15, -0.1) is 16.4 Å². The maximum Gasteiger partial charge on any atom is 0.297 e. The highest BCUT2D eigenvalue weighted by Gasteiger charge is 2.12. The number of morpholine rings is 1. The molecule has 0 saturated carbocycles. The SMILES string of the molecule is O=C(NCc1cn(-c2ccc(-n3cccc(OCCN4CCOCC4)c3=O)cc2)nn1)c1ccc(Cl)s1. The zero-order chi connectivity index (χ0) is 25.6. The van der Waals surface area contributed by atoms with Crippen LogP contribution < -0.4 is 15.6 Å². The summed E-state index contributed by atoms with van der Waals surface area (Å²) in [6.07, 6.45) is 3.45. The topological polar surface area (TPSA) is 104 Å². The predicted octanol–water partition coefficient (Wildman–Crippen LogP) is 2.77. The number of nitrogens with zero attached hydrogens (tertiary/aromatic N) is 5. The first kappa shape index (κ1) is 25.2. The van der Waals surface area contributed by atoms with Crippen molar-refractivity contribution in [3.8, 4) is 17.1 Å². The summed E-state index contributed by atoms with van der Waals surface area (Å²) in [6, 6.07) is 14.2. The molecule has 0 atom stereocenters. The molecule has 4 aromatic rings. The van der Waals surface area contributed by atoms with Crippen LogP contribution in [0.4, 0.5) is 0 Å². The number of benzene rings is 1. The monoisotopic (exact) mass is 540 g/mol. The van der Waals surface area contributed by atoms with Crippen molar-refractivity contribution in [1.29, 1.82) is 0 Å². The molecule has 1 aliphatic heterocycles. The first-order chi connectivity index (χ1) is 18.1. The Morgan fingerprint density at radius 3 is 2.65 bits per heavy atom. The lowest BCUT2D eigenvalue weighted by Gasteiger charge is -2.26. The smallest absolute Gasteiger partial charge is 0.297 e. The van der Waals surface area contributed by atoms with E-state index in [0.29, 0.717) is 33.0 Å². The van der Waals surface area contributed by atoms with Crippen molar-refractivity contribution in [2.45, 2.75) is 6.54 Å². The molecule has 4 heterocycles. The summed E-state index contributed by atoms with van der Waals surface area (Å²) >= 11 is 7.11. The molecule has 10 nitrogen and oxygen atoms in total. The van der Waals surface area contributed by atoms with E-state index in [1.165, 1.54) is 11.3 Å². The van der Waals surface area contributed by atoms with Crippen molar-refractivity contribution in [3.63, 3.8) is 0 Å². The van der Waals surface area contributed by atoms with E-state index in [9.17, 15) is 9.59 Å². The molecule has 1 aromatic carbocycles. The summed E-state index contributed by atoms with van der Waals surface area (Å²) in [7, 11) is 0. The summed E-state index contributed by atoms with van der Waals surface area (Å²) in [6.45, 7) is 4.63. The van der Waals surface area contributed by atoms with Crippen LogP contribution >= 0.6 is 22.9 Å². The lowest BCUT2D eigenvalue weighted by molar-refractivity contribution is 0.0321. The molecule has 0 aliphatic carbocycles. The average Bonchev–Trinajstić information content (AvgIpc) is 3.58. The van der Waals surface area contributed by atoms with E-state index in [-0.39, 0.29) is 18.0 Å². The van der Waals surface area contributed by atoms with E-state index in [1.807, 2.05) is 24.3 Å². The van der Waals surface area contributed by atoms with Crippen molar-refractivity contribution >= 4 is 28.8 Å². The summed E-state index contributed by atoms with van der Waals surface area (Å²) in [5.74, 6) is 0.0983. The van der Waals surface area contributed by atoms with Gasteiger partial charge in [0.1, 0.15) is 12.3 Å². The number of hydrogen-bond donors (Lipinski definition) is 1. The highest BCUT2D eigenvalue weighted by atomic mass is 35.5. The molecule has 192 valence electrons. The molecule has 1 N–H and O–H groups in total. The number of pyridine rings is 1. The number of thiophene rings is 1. The standard InChI is InChI=1S/C25H25ClN6O4S/c26-23-8-7-22(37-23)24(33)27-16-18-17-32(29-28-18)20-5-3-19(4-6-20)31-9-1-2-21(25(31)34)36-15-12-30-10-13-35-14-11-30/h1-9,17H,10-16H2,(H,27,33). The van der Waals surface area contributed by atoms with Crippen LogP contribution in [0.1, 0.15) is 15.4 Å². The fraction of sp³-hybridized carbons (Fsp3) is 0.280. The van der Waals surface area contributed by atoms with Crippen LogP contribution in [0.15, 0.2) is 65.7 Å². The van der Waals surface area contributed by atoms with Crippen molar-refractivity contribution in [1.82, 2.24) is 29.8 Å². The zero-order valence-corrected chi connectivity index (χ0v) is 21.5. The largest absolute Gasteiger partial charge is 0.487 e. The van der Waals surface area contributed by atoms with E-state index in [1.54, 1.807) is 45.9 Å². The average molecular weight is 541 g/mol. The summed E-state index contributed by atoms with van der Waals surface area (Å²) in [5.41, 5.74) is 1.86. The van der Waals surface area contributed by atoms with Gasteiger partial charge in [-0.2, -0.15) is 0 Å². The van der Waals surface area contributed by atoms with Crippen LogP contribution in [0, 0.1) is 0 Å². The molecule has 1 aliphatic rings. The normalized spacial score (nSPS) is 14.0. The second-order valence-corrected chi connectivity index (χ2v) is 10.0. The van der Waals surface area contributed by atoms with Gasteiger partial charge in [0, 0.05) is 31.5 Å². The van der Waals surface area contributed by atoms with Crippen LogP contribution in [0.25, 0.3) is 11.4 Å². The van der Waals surface area contributed by atoms with Crippen molar-refractivity contribution in [3.05, 3.63) is 86.2 Å². The Morgan fingerprint density at radius 2 is 1.89 bits per heavy atom. The number of hydrogen-bond acceptors (Lipinski definition) is 8. The molecule has 0 unspecified atom stereocenters. The second-order valence-electron chi connectivity index (χ2n) is 8.31. The molecule has 0 spiro atoms. The predicted molar refractivity (Wildman–Crippen MR) is 140 cm³/mol. The minimum atomic E-state index is -0.219. The van der Waals surface area contributed by atoms with Crippen LogP contribution in [0.5, 0.6) is 5.75 Å². The summed E-state index contributed by atoms with van der Waals surface area (Å²) < 4.78 is 14.9. The number of ether oxygens (including phenoxy) is 2. The Kier molecular flexibility index (Phi) is 7.95. The van der Waals surface area contributed by atoms with E-state index < -0.39 is 0 Å². The summed E-state index contributed by atoms with van der Waals surface area (Å²) in [5, 5.41) is 11.1. The zero-order valence-electron chi connectivity index (χ0n) is 19.9. The molecule has 1 fully saturated rings. The molecule has 3 aromatic heterocycles. The number of carbonyl (C=O) groups is 1. The Hall–Kier alpha value is -3.51. The molecular formula is C25H25ClN6O4S. The van der Waals surface area contributed by atoms with Gasteiger partial charge in [0.15, 0.2) is 5.75 Å². The first-order valence-electron chi connectivity index (χ1n) is 11.8. The third kappa shape index (κ3) is 6.25. The highest BCUT2D eigenvalue weighted by Crippen LogP contribution is 2.21. The van der Waals surface area contributed by atoms with E-state index in [4.69, 9.17) is 21.1 Å². The highest BCUT2D eigenvalue weighted by molar-refractivity contribution is 7.17. The number of rotatable bonds is 9. The number of nitrogens with one attached hydrogen (secondary N) is 1. The number of halogens is 1. The second kappa shape index (κ2) is 11.7. The molecule has 12 heteroatoms. The van der Waals surface area contributed by atoms with Crippen molar-refractivity contribution in [2.24, 2.45) is 0 Å². The summed E-state index contributed by atoms with van der Waals surface area (Å²) in [4.78, 5) is 28.0. The van der Waals surface area contributed by atoms with E-state index >= 15 is 0 Å². The minimum Gasteiger partial charge on any atom is -0.487 e. The molecule has 1 saturated heterocycles. The van der Waals surface area contributed by atoms with Gasteiger partial charge in [0.25, 0.3) is 11.5 Å². The number of carbonyl (C=O) groups excluding carboxylic acids is 1. The lowest BCUT2D eigenvalue weighted by atomic mass is 10.2. The minimum absolute atomic E-state index is 0.214. The van der Waals surface area contributed by atoms with Gasteiger partial charge in [-0.3, -0.25) is 19.1 Å². The fourth-order valence-electron chi connectivity index (χ4n) is 3.86. The number of amides is 1. The van der Waals surface area contributed by atoms with Gasteiger partial charge in [-0.1, -0.05) is 16.8 Å². The molecule has 1 amide bonds. The third-order valence-corrected chi connectivity index (χ3v) is 7.07. The van der Waals surface area contributed by atoms with Crippen LogP contribution in [-0.2, 0) is 11.3 Å². The fourth-order valence-corrected chi connectivity index (χ4v) is 4.82. The Bertz CT molecular complexity index is 1410. The first-order valence-corrected chi connectivity index (χ1v) is 13.0. The molecule has 37 heavy (non-hydrogen) atoms. The molecule has 5 rings (SSSR count). The molecule has 0 bridgehead atoms. The third-order valence-electron chi connectivity index (χ3n) is 5.84. The van der Waals surface area contributed by atoms with Crippen LogP contribution in [-0.4, -0.2) is 69.8 Å². The Morgan fingerprint density at radius 1 is 1.11 bits per heavy atom. The van der Waals surface area contributed by atoms with Gasteiger partial charge < -0.3 is 14.8 Å². The van der Waals surface area contributed by atoms with E-state index in [2.05, 4.69) is 20.5 Å². The quantitative estimate of drug-likeness (QED) is 0.348. The van der Waals surface area contributed by atoms with Crippen molar-refractivity contribution in [2.75, 3.05) is 39.5 Å². The number of aromatic nitrogens is 4. The van der Waals surface area contributed by atoms with Gasteiger partial charge >= 0.3 is 0 Å². The molecular weight excluding hydrogens is 516 g/mol. The van der Waals surface area contributed by atoms with Gasteiger partial charge in [0.2, 0.25) is 0 Å². The van der Waals surface area contributed by atoms with Crippen molar-refractivity contribution < 1.29 is 14.3 Å². The van der Waals surface area contributed by atoms with Gasteiger partial charge in [0.05, 0.1) is 40.9 Å². The van der Waals surface area contributed by atoms with Gasteiger partial charge in [-0.25, -0.2) is 4.68 Å². The maximum atomic E-state index is 13.0. The van der Waals surface area contributed by atoms with Gasteiger partial charge in [-0.05, 0) is 48.5 Å². The Labute approximate surface area is 222 Å². The maximum absolute atomic E-state index is 13.0. The molecule has 0 radical (unpaired) electrons. The lowest BCUT2D eigenvalue weighted by Crippen LogP contribution is -2.39. The Balaban J connectivity index is 1.20. The van der Waals surface area contributed by atoms with Crippen LogP contribution in [0.3, 0.4) is 0 Å². The van der Waals surface area contributed by atoms with Crippen LogP contribution in [0.2, 0.25) is 4.34 Å².